The van der Waals surface area contributed by atoms with Gasteiger partial charge in [0.2, 0.25) is 0 Å². The number of hydrogen-bond donors (Lipinski definition) is 1. The van der Waals surface area contributed by atoms with Crippen LogP contribution in [0.4, 0.5) is 0 Å². The molecule has 2 aromatic rings. The number of amides is 1. The van der Waals surface area contributed by atoms with E-state index in [1.165, 1.54) is 5.56 Å². The van der Waals surface area contributed by atoms with Gasteiger partial charge in [0.25, 0.3) is 5.91 Å². The minimum atomic E-state index is -0.0505. The predicted octanol–water partition coefficient (Wildman–Crippen LogP) is 3.62. The fraction of sp³-hybridized carbons (Fsp3) is 0.357. The van der Waals surface area contributed by atoms with Gasteiger partial charge in [0.05, 0.1) is 5.56 Å². The van der Waals surface area contributed by atoms with Gasteiger partial charge in [0.1, 0.15) is 11.5 Å². The van der Waals surface area contributed by atoms with Crippen LogP contribution in [0.3, 0.4) is 0 Å². The number of hydrogen-bond acceptors (Lipinski definition) is 4. The van der Waals surface area contributed by atoms with Gasteiger partial charge in [0, 0.05) is 18.1 Å². The van der Waals surface area contributed by atoms with Crippen molar-refractivity contribution in [1.82, 2.24) is 5.32 Å². The highest BCUT2D eigenvalue weighted by atomic mass is 32.2. The maximum Gasteiger partial charge on any atom is 0.254 e. The lowest BCUT2D eigenvalue weighted by Crippen LogP contribution is -2.25. The van der Waals surface area contributed by atoms with Crippen molar-refractivity contribution >= 4 is 29.0 Å². The first kappa shape index (κ1) is 14.2. The van der Waals surface area contributed by atoms with Gasteiger partial charge >= 0.3 is 0 Å². The van der Waals surface area contributed by atoms with Gasteiger partial charge in [0.15, 0.2) is 0 Å². The Morgan fingerprint density at radius 2 is 2.32 bits per heavy atom. The van der Waals surface area contributed by atoms with Crippen LogP contribution in [0, 0.1) is 13.8 Å². The maximum atomic E-state index is 11.9. The molecule has 0 fully saturated rings. The van der Waals surface area contributed by atoms with E-state index in [1.807, 2.05) is 25.6 Å². The van der Waals surface area contributed by atoms with Gasteiger partial charge in [-0.05, 0) is 42.3 Å². The summed E-state index contributed by atoms with van der Waals surface area (Å²) in [7, 11) is 0. The van der Waals surface area contributed by atoms with Crippen LogP contribution in [-0.2, 0) is 5.75 Å². The van der Waals surface area contributed by atoms with Crippen LogP contribution in [0.5, 0.6) is 0 Å². The molecule has 0 bridgehead atoms. The molecule has 5 heteroatoms. The number of rotatable bonds is 6. The smallest absolute Gasteiger partial charge is 0.254 e. The summed E-state index contributed by atoms with van der Waals surface area (Å²) in [6.45, 7) is 4.34. The minimum Gasteiger partial charge on any atom is -0.466 e. The second kappa shape index (κ2) is 6.82. The molecule has 0 atom stereocenters. The zero-order valence-corrected chi connectivity index (χ0v) is 12.7. The number of thiophene rings is 1. The quantitative estimate of drug-likeness (QED) is 0.828. The van der Waals surface area contributed by atoms with E-state index < -0.39 is 0 Å². The highest BCUT2D eigenvalue weighted by Crippen LogP contribution is 2.15. The van der Waals surface area contributed by atoms with Crippen molar-refractivity contribution in [2.75, 3.05) is 12.3 Å². The van der Waals surface area contributed by atoms with Gasteiger partial charge in [-0.15, -0.1) is 0 Å². The lowest BCUT2D eigenvalue weighted by molar-refractivity contribution is 0.0954. The van der Waals surface area contributed by atoms with E-state index in [4.69, 9.17) is 4.42 Å². The highest BCUT2D eigenvalue weighted by Gasteiger charge is 2.12. The van der Waals surface area contributed by atoms with E-state index in [-0.39, 0.29) is 5.91 Å². The molecular formula is C14H17NO2S2. The average Bonchev–Trinajstić information content (AvgIpc) is 2.98. The second-order valence-corrected chi connectivity index (χ2v) is 6.15. The lowest BCUT2D eigenvalue weighted by Gasteiger charge is -2.03. The van der Waals surface area contributed by atoms with Gasteiger partial charge in [-0.25, -0.2) is 0 Å². The fourth-order valence-electron chi connectivity index (χ4n) is 1.75. The maximum absolute atomic E-state index is 11.9. The molecule has 0 spiro atoms. The average molecular weight is 295 g/mol. The second-order valence-electron chi connectivity index (χ2n) is 4.27. The normalized spacial score (nSPS) is 10.6. The summed E-state index contributed by atoms with van der Waals surface area (Å²) >= 11 is 3.54. The zero-order chi connectivity index (χ0) is 13.7. The molecule has 0 saturated carbocycles. The molecule has 2 rings (SSSR count). The number of nitrogens with one attached hydrogen (secondary N) is 1. The number of thioether (sulfide) groups is 1. The largest absolute Gasteiger partial charge is 0.466 e. The van der Waals surface area contributed by atoms with Crippen LogP contribution >= 0.6 is 23.1 Å². The third-order valence-electron chi connectivity index (χ3n) is 2.67. The SMILES string of the molecule is Cc1cc(C(=O)NCCSCc2ccsc2)c(C)o1. The molecule has 0 unspecified atom stereocenters. The van der Waals surface area contributed by atoms with Crippen molar-refractivity contribution in [3.05, 3.63) is 45.5 Å². The van der Waals surface area contributed by atoms with E-state index in [0.717, 1.165) is 17.3 Å². The van der Waals surface area contributed by atoms with Crippen LogP contribution in [0.1, 0.15) is 27.4 Å². The number of furan rings is 1. The number of carbonyl (C=O) groups excluding carboxylic acids is 1. The summed E-state index contributed by atoms with van der Waals surface area (Å²) in [6.07, 6.45) is 0. The molecule has 2 heterocycles. The Balaban J connectivity index is 1.68. The lowest BCUT2D eigenvalue weighted by atomic mass is 10.2. The van der Waals surface area contributed by atoms with Gasteiger partial charge in [-0.3, -0.25) is 4.79 Å². The summed E-state index contributed by atoms with van der Waals surface area (Å²) in [5.41, 5.74) is 1.99. The van der Waals surface area contributed by atoms with Crippen LogP contribution in [0.15, 0.2) is 27.3 Å². The van der Waals surface area contributed by atoms with Crippen molar-refractivity contribution in [1.29, 1.82) is 0 Å². The molecule has 0 saturated heterocycles. The van der Waals surface area contributed by atoms with Crippen LogP contribution in [0.2, 0.25) is 0 Å². The predicted molar refractivity (Wildman–Crippen MR) is 81.0 cm³/mol. The molecule has 102 valence electrons. The van der Waals surface area contributed by atoms with Gasteiger partial charge < -0.3 is 9.73 Å². The van der Waals surface area contributed by atoms with Crippen molar-refractivity contribution in [3.8, 4) is 0 Å². The summed E-state index contributed by atoms with van der Waals surface area (Å²) in [6, 6.07) is 3.91. The number of aryl methyl sites for hydroxylation is 2. The highest BCUT2D eigenvalue weighted by molar-refractivity contribution is 7.98. The third-order valence-corrected chi connectivity index (χ3v) is 4.43. The van der Waals surface area contributed by atoms with Crippen molar-refractivity contribution in [2.45, 2.75) is 19.6 Å². The topological polar surface area (TPSA) is 42.2 Å². The first-order valence-electron chi connectivity index (χ1n) is 6.11. The Morgan fingerprint density at radius 1 is 1.47 bits per heavy atom. The van der Waals surface area contributed by atoms with E-state index >= 15 is 0 Å². The first-order valence-corrected chi connectivity index (χ1v) is 8.20. The summed E-state index contributed by atoms with van der Waals surface area (Å²) in [5, 5.41) is 7.16. The zero-order valence-electron chi connectivity index (χ0n) is 11.1. The molecule has 0 aromatic carbocycles. The molecule has 1 amide bonds. The van der Waals surface area contributed by atoms with Crippen molar-refractivity contribution in [2.24, 2.45) is 0 Å². The first-order chi connectivity index (χ1) is 9.16. The molecule has 19 heavy (non-hydrogen) atoms. The van der Waals surface area contributed by atoms with Crippen molar-refractivity contribution < 1.29 is 9.21 Å². The van der Waals surface area contributed by atoms with Gasteiger partial charge in [-0.1, -0.05) is 0 Å². The Hall–Kier alpha value is -1.20. The summed E-state index contributed by atoms with van der Waals surface area (Å²) in [4.78, 5) is 11.9. The molecule has 2 aromatic heterocycles. The van der Waals surface area contributed by atoms with E-state index in [9.17, 15) is 4.79 Å². The van der Waals surface area contributed by atoms with Crippen LogP contribution in [0.25, 0.3) is 0 Å². The molecule has 0 radical (unpaired) electrons. The molecule has 1 N–H and O–H groups in total. The Bertz CT molecular complexity index is 532. The van der Waals surface area contributed by atoms with E-state index in [1.54, 1.807) is 17.4 Å². The van der Waals surface area contributed by atoms with Crippen LogP contribution in [-0.4, -0.2) is 18.2 Å². The van der Waals surface area contributed by atoms with Crippen LogP contribution < -0.4 is 5.32 Å². The summed E-state index contributed by atoms with van der Waals surface area (Å²) in [5.74, 6) is 3.32. The fourth-order valence-corrected chi connectivity index (χ4v) is 3.33. The standard InChI is InChI=1S/C14H17NO2S2/c1-10-7-13(11(2)17-10)14(16)15-4-6-19-9-12-3-5-18-8-12/h3,5,7-8H,4,6,9H2,1-2H3,(H,15,16). The summed E-state index contributed by atoms with van der Waals surface area (Å²) < 4.78 is 5.35. The van der Waals surface area contributed by atoms with E-state index in [2.05, 4.69) is 22.1 Å². The Kier molecular flexibility index (Phi) is 5.10. The van der Waals surface area contributed by atoms with Crippen molar-refractivity contribution in [3.63, 3.8) is 0 Å². The number of carbonyl (C=O) groups is 1. The Labute approximate surface area is 121 Å². The monoisotopic (exact) mass is 295 g/mol. The minimum absolute atomic E-state index is 0.0505. The third kappa shape index (κ3) is 4.14. The molecule has 0 aliphatic heterocycles. The molecule has 0 aliphatic rings. The molecular weight excluding hydrogens is 278 g/mol. The van der Waals surface area contributed by atoms with Gasteiger partial charge in [-0.2, -0.15) is 23.1 Å². The van der Waals surface area contributed by atoms with E-state index in [0.29, 0.717) is 17.9 Å². The molecule has 0 aliphatic carbocycles. The molecule has 3 nitrogen and oxygen atoms in total. The Morgan fingerprint density at radius 3 is 2.95 bits per heavy atom.